The Balaban J connectivity index is 1.94. The monoisotopic (exact) mass is 472 g/mol. The van der Waals surface area contributed by atoms with E-state index in [1.54, 1.807) is 0 Å². The number of benzene rings is 1. The van der Waals surface area contributed by atoms with Crippen molar-refractivity contribution in [3.63, 3.8) is 0 Å². The number of aliphatic hydroxyl groups is 3. The van der Waals surface area contributed by atoms with Crippen molar-refractivity contribution in [3.05, 3.63) is 18.2 Å². The molecule has 5 atom stereocenters. The number of phenolic OH excluding ortho intramolecular Hbond substituents is 1. The van der Waals surface area contributed by atoms with Gasteiger partial charge >= 0.3 is 6.03 Å². The molecule has 2 amide bonds. The fourth-order valence-corrected chi connectivity index (χ4v) is 3.53. The number of hydrogen-bond donors (Lipinski definition) is 8. The van der Waals surface area contributed by atoms with Crippen molar-refractivity contribution >= 4 is 20.1 Å². The van der Waals surface area contributed by atoms with Crippen LogP contribution in [0.5, 0.6) is 11.5 Å². The maximum Gasteiger partial charge on any atom is 0.319 e. The Hall–Kier alpha value is -2.16. The lowest BCUT2D eigenvalue weighted by Gasteiger charge is -2.40. The summed E-state index contributed by atoms with van der Waals surface area (Å²) in [6, 6.07) is 3.56. The van der Waals surface area contributed by atoms with Gasteiger partial charge in [0, 0.05) is 30.9 Å². The lowest BCUT2D eigenvalue weighted by Crippen LogP contribution is -2.59. The first kappa shape index (κ1) is 26.1. The van der Waals surface area contributed by atoms with Gasteiger partial charge in [0.25, 0.3) is 0 Å². The summed E-state index contributed by atoms with van der Waals surface area (Å²) < 4.78 is 10.9. The van der Waals surface area contributed by atoms with Gasteiger partial charge < -0.3 is 50.3 Å². The molecule has 3 unspecified atom stereocenters. The summed E-state index contributed by atoms with van der Waals surface area (Å²) >= 11 is 0. The minimum Gasteiger partial charge on any atom is -0.504 e. The zero-order chi connectivity index (χ0) is 23.7. The van der Waals surface area contributed by atoms with Gasteiger partial charge in [-0.15, -0.1) is 12.3 Å². The van der Waals surface area contributed by atoms with Crippen LogP contribution in [0.2, 0.25) is 0 Å². The minimum absolute atomic E-state index is 0.0101. The smallest absolute Gasteiger partial charge is 0.319 e. The van der Waals surface area contributed by atoms with Gasteiger partial charge in [-0.25, -0.2) is 4.79 Å². The topological polar surface area (TPSA) is 181 Å². The number of aliphatic hydroxyl groups excluding tert-OH is 3. The molecule has 178 valence electrons. The molecule has 11 nitrogen and oxygen atoms in total. The zero-order valence-electron chi connectivity index (χ0n) is 17.3. The number of unbranched alkanes of at least 4 members (excludes halogenated alkanes) is 2. The number of anilines is 1. The van der Waals surface area contributed by atoms with Crippen molar-refractivity contribution in [2.24, 2.45) is 0 Å². The Kier molecular flexibility index (Phi) is 10.4. The van der Waals surface area contributed by atoms with Gasteiger partial charge in [0.15, 0.2) is 19.9 Å². The van der Waals surface area contributed by atoms with Crippen molar-refractivity contribution in [3.8, 4) is 23.8 Å². The van der Waals surface area contributed by atoms with Crippen LogP contribution in [0.15, 0.2) is 18.2 Å². The second-order valence-corrected chi connectivity index (χ2v) is 8.43. The third-order valence-corrected chi connectivity index (χ3v) is 5.43. The average molecular weight is 472 g/mol. The largest absolute Gasteiger partial charge is 0.504 e. The van der Waals surface area contributed by atoms with Crippen molar-refractivity contribution in [1.82, 2.24) is 5.32 Å². The fourth-order valence-electron chi connectivity index (χ4n) is 3.04. The van der Waals surface area contributed by atoms with E-state index < -0.39 is 45.1 Å². The molecule has 0 bridgehead atoms. The lowest BCUT2D eigenvalue weighted by atomic mass is 9.97. The predicted molar refractivity (Wildman–Crippen MR) is 116 cm³/mol. The molecule has 1 fully saturated rings. The summed E-state index contributed by atoms with van der Waals surface area (Å²) in [6.07, 6.45) is 0.151. The average Bonchev–Trinajstić information content (AvgIpc) is 2.74. The third-order valence-electron chi connectivity index (χ3n) is 4.78. The van der Waals surface area contributed by atoms with Crippen LogP contribution in [0.25, 0.3) is 0 Å². The number of ether oxygens (including phenoxy) is 2. The molecular formula is C20H29N2O9P. The molecule has 1 aliphatic rings. The quantitative estimate of drug-likeness (QED) is 0.134. The van der Waals surface area contributed by atoms with Gasteiger partial charge in [0.05, 0.1) is 6.10 Å². The highest BCUT2D eigenvalue weighted by molar-refractivity contribution is 7.45. The van der Waals surface area contributed by atoms with Crippen LogP contribution in [0, 0.1) is 12.3 Å². The first-order valence-corrected chi connectivity index (χ1v) is 11.5. The molecule has 8 N–H and O–H groups in total. The van der Waals surface area contributed by atoms with Crippen molar-refractivity contribution in [1.29, 1.82) is 0 Å². The van der Waals surface area contributed by atoms with Crippen molar-refractivity contribution in [2.45, 2.75) is 56.4 Å². The first-order chi connectivity index (χ1) is 15.2. The maximum atomic E-state index is 11.9. The molecule has 0 aromatic heterocycles. The van der Waals surface area contributed by atoms with Crippen LogP contribution < -0.4 is 15.4 Å². The molecule has 1 saturated heterocycles. The van der Waals surface area contributed by atoms with E-state index in [0.717, 1.165) is 12.8 Å². The highest BCUT2D eigenvalue weighted by Gasteiger charge is 2.45. The van der Waals surface area contributed by atoms with Crippen LogP contribution in [0.1, 0.15) is 25.7 Å². The van der Waals surface area contributed by atoms with E-state index in [1.165, 1.54) is 18.2 Å². The number of amides is 2. The van der Waals surface area contributed by atoms with Gasteiger partial charge in [-0.05, 0) is 31.4 Å². The van der Waals surface area contributed by atoms with E-state index in [9.17, 15) is 25.2 Å². The second kappa shape index (κ2) is 12.8. The van der Waals surface area contributed by atoms with E-state index >= 15 is 0 Å². The molecule has 1 heterocycles. The number of phenols is 1. The number of rotatable bonds is 10. The van der Waals surface area contributed by atoms with Gasteiger partial charge in [-0.1, -0.05) is 0 Å². The Morgan fingerprint density at radius 3 is 2.59 bits per heavy atom. The van der Waals surface area contributed by atoms with E-state index in [-0.39, 0.29) is 29.8 Å². The number of urea groups is 1. The number of terminal acetylenes is 1. The Labute approximate surface area is 186 Å². The van der Waals surface area contributed by atoms with Gasteiger partial charge in [-0.3, -0.25) is 0 Å². The van der Waals surface area contributed by atoms with Crippen LogP contribution in [-0.2, 0) is 4.74 Å². The first-order valence-electron chi connectivity index (χ1n) is 10.1. The molecular weight excluding hydrogens is 443 g/mol. The molecule has 1 aliphatic heterocycles. The van der Waals surface area contributed by atoms with E-state index in [4.69, 9.17) is 25.7 Å². The predicted octanol–water partition coefficient (Wildman–Crippen LogP) is 0.190. The fraction of sp³-hybridized carbons (Fsp3) is 0.550. The van der Waals surface area contributed by atoms with Crippen molar-refractivity contribution < 1.29 is 44.5 Å². The molecule has 1 aromatic carbocycles. The molecule has 0 spiro atoms. The Morgan fingerprint density at radius 1 is 1.19 bits per heavy atom. The number of hydrogen-bond acceptors (Lipinski definition) is 9. The summed E-state index contributed by atoms with van der Waals surface area (Å²) in [6.45, 7) is 0.446. The summed E-state index contributed by atoms with van der Waals surface area (Å²) in [7, 11) is -2.22. The van der Waals surface area contributed by atoms with Crippen LogP contribution in [0.4, 0.5) is 10.5 Å². The van der Waals surface area contributed by atoms with E-state index in [1.807, 2.05) is 0 Å². The molecule has 0 radical (unpaired) electrons. The Morgan fingerprint density at radius 2 is 1.94 bits per heavy atom. The summed E-state index contributed by atoms with van der Waals surface area (Å²) in [4.78, 5) is 30.0. The highest BCUT2D eigenvalue weighted by atomic mass is 31.2. The normalized spacial score (nSPS) is 25.2. The van der Waals surface area contributed by atoms with Gasteiger partial charge in [0.1, 0.15) is 18.3 Å². The number of carbonyl (C=O) groups excluding carboxylic acids is 1. The van der Waals surface area contributed by atoms with Gasteiger partial charge in [0.2, 0.25) is 6.29 Å². The van der Waals surface area contributed by atoms with Crippen LogP contribution in [0.3, 0.4) is 0 Å². The maximum absolute atomic E-state index is 11.9. The molecule has 0 saturated carbocycles. The zero-order valence-corrected chi connectivity index (χ0v) is 18.2. The molecule has 32 heavy (non-hydrogen) atoms. The molecule has 2 rings (SSSR count). The molecule has 1 aromatic rings. The number of carbonyl (C=O) groups is 1. The van der Waals surface area contributed by atoms with Crippen molar-refractivity contribution in [2.75, 3.05) is 18.0 Å². The summed E-state index contributed by atoms with van der Waals surface area (Å²) in [5.41, 5.74) is 0.286. The number of aromatic hydroxyl groups is 1. The van der Waals surface area contributed by atoms with Crippen LogP contribution in [-0.4, -0.2) is 79.7 Å². The van der Waals surface area contributed by atoms with Crippen LogP contribution >= 0.6 is 8.38 Å². The standard InChI is InChI=1S/C20H29N2O9P/c1-2-3-4-5-9-21-20(27)22-12-6-7-14(13(23)11-12)30-19-18(26)17(25)16(24)15(31-19)8-10-32(28)29/h1,6-7,11,15-19,23-26,28-29H,3-5,8-10H2,(H2,21,22,27)/t15?,16-,17?,18?,19+/m1/s1. The number of nitrogens with one attached hydrogen (secondary N) is 2. The summed E-state index contributed by atoms with van der Waals surface area (Å²) in [5, 5.41) is 45.7. The SMILES string of the molecule is C#CCCCCNC(=O)Nc1ccc(O[C@H]2OC(CCP(O)O)[C@@H](O)C(O)C2O)c(O)c1. The van der Waals surface area contributed by atoms with E-state index in [0.29, 0.717) is 13.0 Å². The second-order valence-electron chi connectivity index (χ2n) is 7.24. The Bertz CT molecular complexity index is 789. The highest BCUT2D eigenvalue weighted by Crippen LogP contribution is 2.34. The lowest BCUT2D eigenvalue weighted by molar-refractivity contribution is -0.272. The molecule has 0 aliphatic carbocycles. The molecule has 12 heteroatoms. The third kappa shape index (κ3) is 7.76. The summed E-state index contributed by atoms with van der Waals surface area (Å²) in [5.74, 6) is 2.06. The van der Waals surface area contributed by atoms with E-state index in [2.05, 4.69) is 16.6 Å². The minimum atomic E-state index is -2.22. The van der Waals surface area contributed by atoms with Gasteiger partial charge in [-0.2, -0.15) is 0 Å².